The van der Waals surface area contributed by atoms with Crippen LogP contribution in [0.15, 0.2) is 35.7 Å². The van der Waals surface area contributed by atoms with Crippen LogP contribution in [0, 0.1) is 0 Å². The van der Waals surface area contributed by atoms with Crippen molar-refractivity contribution in [1.82, 2.24) is 0 Å². The SMILES string of the molecule is COc1ccccc1CN(C)c1csc(C(=O)O)c1. The molecular weight excluding hydrogens is 262 g/mol. The maximum absolute atomic E-state index is 10.9. The summed E-state index contributed by atoms with van der Waals surface area (Å²) in [4.78, 5) is 13.2. The number of anilines is 1. The molecule has 0 aliphatic carbocycles. The van der Waals surface area contributed by atoms with Gasteiger partial charge in [-0.25, -0.2) is 4.79 Å². The van der Waals surface area contributed by atoms with Crippen molar-refractivity contribution in [2.24, 2.45) is 0 Å². The van der Waals surface area contributed by atoms with Gasteiger partial charge in [-0.2, -0.15) is 0 Å². The molecule has 0 bridgehead atoms. The van der Waals surface area contributed by atoms with Gasteiger partial charge in [-0.15, -0.1) is 11.3 Å². The zero-order valence-electron chi connectivity index (χ0n) is 10.8. The first-order chi connectivity index (χ1) is 9.11. The second-order valence-electron chi connectivity index (χ2n) is 4.14. The van der Waals surface area contributed by atoms with Crippen LogP contribution in [0.1, 0.15) is 15.2 Å². The highest BCUT2D eigenvalue weighted by Gasteiger charge is 2.11. The van der Waals surface area contributed by atoms with Crippen LogP contribution in [0.5, 0.6) is 5.75 Å². The van der Waals surface area contributed by atoms with E-state index in [-0.39, 0.29) is 0 Å². The Morgan fingerprint density at radius 3 is 2.79 bits per heavy atom. The van der Waals surface area contributed by atoms with Crippen molar-refractivity contribution in [2.75, 3.05) is 19.1 Å². The predicted octanol–water partition coefficient (Wildman–Crippen LogP) is 3.09. The lowest BCUT2D eigenvalue weighted by atomic mass is 10.2. The summed E-state index contributed by atoms with van der Waals surface area (Å²) in [7, 11) is 3.58. The van der Waals surface area contributed by atoms with Gasteiger partial charge in [0, 0.05) is 30.2 Å². The minimum atomic E-state index is -0.887. The van der Waals surface area contributed by atoms with Crippen molar-refractivity contribution in [3.05, 3.63) is 46.2 Å². The van der Waals surface area contributed by atoms with E-state index in [0.717, 1.165) is 17.0 Å². The second-order valence-corrected chi connectivity index (χ2v) is 5.05. The molecule has 0 saturated heterocycles. The average Bonchev–Trinajstić information content (AvgIpc) is 2.89. The Hall–Kier alpha value is -2.01. The van der Waals surface area contributed by atoms with Crippen LogP contribution in [-0.2, 0) is 6.54 Å². The summed E-state index contributed by atoms with van der Waals surface area (Å²) in [6, 6.07) is 9.49. The maximum atomic E-state index is 10.9. The fourth-order valence-corrected chi connectivity index (χ4v) is 2.60. The standard InChI is InChI=1S/C14H15NO3S/c1-15(11-7-13(14(16)17)19-9-11)8-10-5-3-4-6-12(10)18-2/h3-7,9H,8H2,1-2H3,(H,16,17). The number of ether oxygens (including phenoxy) is 1. The van der Waals surface area contributed by atoms with Crippen molar-refractivity contribution >= 4 is 23.0 Å². The van der Waals surface area contributed by atoms with E-state index in [1.165, 1.54) is 11.3 Å². The van der Waals surface area contributed by atoms with E-state index in [1.54, 1.807) is 13.2 Å². The normalized spacial score (nSPS) is 10.2. The molecule has 0 aliphatic heterocycles. The topological polar surface area (TPSA) is 49.8 Å². The smallest absolute Gasteiger partial charge is 0.345 e. The van der Waals surface area contributed by atoms with E-state index in [4.69, 9.17) is 9.84 Å². The Kier molecular flexibility index (Phi) is 4.06. The van der Waals surface area contributed by atoms with Crippen LogP contribution in [0.25, 0.3) is 0 Å². The third-order valence-corrected chi connectivity index (χ3v) is 3.74. The number of benzene rings is 1. The van der Waals surface area contributed by atoms with Gasteiger partial charge in [0.05, 0.1) is 7.11 Å². The lowest BCUT2D eigenvalue weighted by molar-refractivity contribution is 0.0702. The van der Waals surface area contributed by atoms with Gasteiger partial charge in [-0.3, -0.25) is 0 Å². The van der Waals surface area contributed by atoms with Gasteiger partial charge in [0.25, 0.3) is 0 Å². The third kappa shape index (κ3) is 3.06. The highest BCUT2D eigenvalue weighted by Crippen LogP contribution is 2.26. The molecule has 1 aromatic heterocycles. The van der Waals surface area contributed by atoms with Crippen molar-refractivity contribution < 1.29 is 14.6 Å². The molecule has 2 aromatic rings. The summed E-state index contributed by atoms with van der Waals surface area (Å²) in [5.74, 6) is -0.0509. The molecule has 1 heterocycles. The first-order valence-corrected chi connectivity index (χ1v) is 6.64. The van der Waals surface area contributed by atoms with Gasteiger partial charge in [0.15, 0.2) is 0 Å². The van der Waals surface area contributed by atoms with Crippen LogP contribution in [-0.4, -0.2) is 25.2 Å². The molecule has 0 aliphatic rings. The Labute approximate surface area is 115 Å². The number of carboxylic acid groups (broad SMARTS) is 1. The molecule has 0 saturated carbocycles. The molecule has 1 aromatic carbocycles. The van der Waals surface area contributed by atoms with Gasteiger partial charge >= 0.3 is 5.97 Å². The number of thiophene rings is 1. The zero-order chi connectivity index (χ0) is 13.8. The molecule has 100 valence electrons. The fourth-order valence-electron chi connectivity index (χ4n) is 1.82. The van der Waals surface area contributed by atoms with E-state index in [2.05, 4.69) is 0 Å². The Balaban J connectivity index is 2.15. The lowest BCUT2D eigenvalue weighted by Gasteiger charge is -2.19. The number of aromatic carboxylic acids is 1. The summed E-state index contributed by atoms with van der Waals surface area (Å²) >= 11 is 1.23. The van der Waals surface area contributed by atoms with Gasteiger partial charge < -0.3 is 14.7 Å². The first-order valence-electron chi connectivity index (χ1n) is 5.76. The molecule has 0 atom stereocenters. The summed E-state index contributed by atoms with van der Waals surface area (Å²) in [5.41, 5.74) is 1.96. The first kappa shape index (κ1) is 13.4. The predicted molar refractivity (Wildman–Crippen MR) is 76.4 cm³/mol. The molecule has 4 nitrogen and oxygen atoms in total. The number of carbonyl (C=O) groups is 1. The Bertz CT molecular complexity index is 580. The summed E-state index contributed by atoms with van der Waals surface area (Å²) < 4.78 is 5.31. The Morgan fingerprint density at radius 2 is 2.16 bits per heavy atom. The molecule has 5 heteroatoms. The minimum Gasteiger partial charge on any atom is -0.496 e. The molecule has 0 radical (unpaired) electrons. The number of hydrogen-bond donors (Lipinski definition) is 1. The number of methoxy groups -OCH3 is 1. The molecule has 19 heavy (non-hydrogen) atoms. The molecule has 0 unspecified atom stereocenters. The number of para-hydroxylation sites is 1. The van der Waals surface area contributed by atoms with Crippen molar-refractivity contribution in [2.45, 2.75) is 6.54 Å². The van der Waals surface area contributed by atoms with E-state index in [0.29, 0.717) is 11.4 Å². The number of hydrogen-bond acceptors (Lipinski definition) is 4. The van der Waals surface area contributed by atoms with Gasteiger partial charge in [0.1, 0.15) is 10.6 Å². The van der Waals surface area contributed by atoms with Gasteiger partial charge in [0.2, 0.25) is 0 Å². The van der Waals surface area contributed by atoms with Crippen LogP contribution in [0.2, 0.25) is 0 Å². The van der Waals surface area contributed by atoms with Crippen LogP contribution >= 0.6 is 11.3 Å². The summed E-state index contributed by atoms with van der Waals surface area (Å²) in [5, 5.41) is 10.8. The number of carboxylic acids is 1. The van der Waals surface area contributed by atoms with Gasteiger partial charge in [-0.1, -0.05) is 18.2 Å². The van der Waals surface area contributed by atoms with Crippen molar-refractivity contribution in [3.63, 3.8) is 0 Å². The zero-order valence-corrected chi connectivity index (χ0v) is 11.6. The molecule has 0 fully saturated rings. The number of nitrogens with zero attached hydrogens (tertiary/aromatic N) is 1. The average molecular weight is 277 g/mol. The largest absolute Gasteiger partial charge is 0.496 e. The minimum absolute atomic E-state index is 0.349. The van der Waals surface area contributed by atoms with E-state index in [1.807, 2.05) is 41.6 Å². The van der Waals surface area contributed by atoms with Crippen LogP contribution in [0.3, 0.4) is 0 Å². The second kappa shape index (κ2) is 5.75. The molecular formula is C14H15NO3S. The number of rotatable bonds is 5. The summed E-state index contributed by atoms with van der Waals surface area (Å²) in [6.45, 7) is 0.666. The Morgan fingerprint density at radius 1 is 1.42 bits per heavy atom. The molecule has 0 amide bonds. The van der Waals surface area contributed by atoms with Crippen LogP contribution < -0.4 is 9.64 Å². The molecule has 2 rings (SSSR count). The quantitative estimate of drug-likeness (QED) is 0.912. The lowest BCUT2D eigenvalue weighted by Crippen LogP contribution is -2.16. The molecule has 1 N–H and O–H groups in total. The van der Waals surface area contributed by atoms with Crippen molar-refractivity contribution in [3.8, 4) is 5.75 Å². The van der Waals surface area contributed by atoms with Crippen LogP contribution in [0.4, 0.5) is 5.69 Å². The monoisotopic (exact) mass is 277 g/mol. The van der Waals surface area contributed by atoms with E-state index < -0.39 is 5.97 Å². The third-order valence-electron chi connectivity index (χ3n) is 2.84. The molecule has 0 spiro atoms. The highest BCUT2D eigenvalue weighted by molar-refractivity contribution is 7.12. The summed E-state index contributed by atoms with van der Waals surface area (Å²) in [6.07, 6.45) is 0. The maximum Gasteiger partial charge on any atom is 0.345 e. The van der Waals surface area contributed by atoms with Crippen molar-refractivity contribution in [1.29, 1.82) is 0 Å². The fraction of sp³-hybridized carbons (Fsp3) is 0.214. The van der Waals surface area contributed by atoms with Gasteiger partial charge in [-0.05, 0) is 12.1 Å². The van der Waals surface area contributed by atoms with E-state index in [9.17, 15) is 4.79 Å². The van der Waals surface area contributed by atoms with E-state index >= 15 is 0 Å². The highest BCUT2D eigenvalue weighted by atomic mass is 32.1.